The van der Waals surface area contributed by atoms with E-state index in [1.807, 2.05) is 36.4 Å². The van der Waals surface area contributed by atoms with Gasteiger partial charge >= 0.3 is 0 Å². The Balaban J connectivity index is 2.27. The van der Waals surface area contributed by atoms with Gasteiger partial charge in [0, 0.05) is 5.39 Å². The maximum Gasteiger partial charge on any atom is 0.149 e. The molecule has 0 bridgehead atoms. The van der Waals surface area contributed by atoms with Gasteiger partial charge in [0.1, 0.15) is 11.2 Å². The first kappa shape index (κ1) is 10.0. The lowest BCUT2D eigenvalue weighted by Gasteiger charge is -2.04. The van der Waals surface area contributed by atoms with Crippen LogP contribution in [0.15, 0.2) is 65.3 Å². The molecule has 0 N–H and O–H groups in total. The molecule has 5 aromatic rings. The van der Waals surface area contributed by atoms with Crippen molar-refractivity contribution in [3.63, 3.8) is 0 Å². The van der Waals surface area contributed by atoms with Crippen LogP contribution in [0.25, 0.3) is 38.6 Å². The molecule has 0 aliphatic rings. The van der Waals surface area contributed by atoms with Crippen molar-refractivity contribution >= 4 is 38.6 Å². The van der Waals surface area contributed by atoms with Gasteiger partial charge in [-0.25, -0.2) is 4.98 Å². The van der Waals surface area contributed by atoms with Crippen molar-refractivity contribution in [2.75, 3.05) is 0 Å². The number of aromatic nitrogens is 2. The largest absolute Gasteiger partial charge is 0.463 e. The number of rotatable bonds is 0. The molecule has 3 aromatic heterocycles. The van der Waals surface area contributed by atoms with Gasteiger partial charge in [-0.15, -0.1) is 0 Å². The number of hydrogen-bond donors (Lipinski definition) is 0. The van der Waals surface area contributed by atoms with Crippen LogP contribution in [0, 0.1) is 0 Å². The molecule has 0 radical (unpaired) electrons. The van der Waals surface area contributed by atoms with Crippen LogP contribution in [0.2, 0.25) is 0 Å². The summed E-state index contributed by atoms with van der Waals surface area (Å²) >= 11 is 0. The fraction of sp³-hybridized carbons (Fsp3) is 0. The number of benzene rings is 2. The molecule has 0 unspecified atom stereocenters. The lowest BCUT2D eigenvalue weighted by atomic mass is 10.1. The molecule has 0 saturated heterocycles. The number of para-hydroxylation sites is 3. The molecule has 0 spiro atoms. The number of imidazole rings is 1. The zero-order valence-corrected chi connectivity index (χ0v) is 10.6. The van der Waals surface area contributed by atoms with E-state index in [0.717, 1.165) is 38.6 Å². The van der Waals surface area contributed by atoms with Crippen molar-refractivity contribution in [1.29, 1.82) is 0 Å². The number of fused-ring (bicyclic) bond motifs is 8. The Morgan fingerprint density at radius 2 is 1.60 bits per heavy atom. The molecule has 3 nitrogen and oxygen atoms in total. The first-order valence-electron chi connectivity index (χ1n) is 6.58. The predicted octanol–water partition coefficient (Wildman–Crippen LogP) is 4.39. The summed E-state index contributed by atoms with van der Waals surface area (Å²) in [5, 5.41) is 2.17. The van der Waals surface area contributed by atoms with E-state index in [1.54, 1.807) is 6.26 Å². The summed E-state index contributed by atoms with van der Waals surface area (Å²) in [5.74, 6) is 0. The summed E-state index contributed by atoms with van der Waals surface area (Å²) in [4.78, 5) is 4.77. The number of pyridine rings is 1. The SMILES string of the molecule is c1ccc2c(c1)nc1c3ccoc3c3ccccc3n21. The zero-order chi connectivity index (χ0) is 13.1. The summed E-state index contributed by atoms with van der Waals surface area (Å²) < 4.78 is 7.89. The minimum Gasteiger partial charge on any atom is -0.463 e. The summed E-state index contributed by atoms with van der Waals surface area (Å²) in [6.45, 7) is 0. The Morgan fingerprint density at radius 1 is 0.800 bits per heavy atom. The third kappa shape index (κ3) is 1.08. The van der Waals surface area contributed by atoms with Crippen LogP contribution in [-0.2, 0) is 0 Å². The van der Waals surface area contributed by atoms with Crippen LogP contribution >= 0.6 is 0 Å². The Kier molecular flexibility index (Phi) is 1.70. The average Bonchev–Trinajstić information content (AvgIpc) is 3.12. The van der Waals surface area contributed by atoms with E-state index in [-0.39, 0.29) is 0 Å². The van der Waals surface area contributed by atoms with Crippen molar-refractivity contribution in [2.45, 2.75) is 0 Å². The van der Waals surface area contributed by atoms with Crippen LogP contribution < -0.4 is 0 Å². The fourth-order valence-electron chi connectivity index (χ4n) is 3.01. The van der Waals surface area contributed by atoms with Crippen LogP contribution in [0.1, 0.15) is 0 Å². The predicted molar refractivity (Wildman–Crippen MR) is 80.0 cm³/mol. The van der Waals surface area contributed by atoms with E-state index in [1.165, 1.54) is 0 Å². The second kappa shape index (κ2) is 3.39. The first-order valence-corrected chi connectivity index (χ1v) is 6.58. The number of furan rings is 1. The summed E-state index contributed by atoms with van der Waals surface area (Å²) in [7, 11) is 0. The maximum atomic E-state index is 5.68. The summed E-state index contributed by atoms with van der Waals surface area (Å²) in [6, 6.07) is 18.5. The molecular formula is C17H10N2O. The molecule has 5 rings (SSSR count). The molecule has 2 aromatic carbocycles. The molecule has 3 heteroatoms. The molecule has 0 atom stereocenters. The molecule has 3 heterocycles. The van der Waals surface area contributed by atoms with E-state index in [0.29, 0.717) is 0 Å². The smallest absolute Gasteiger partial charge is 0.149 e. The van der Waals surface area contributed by atoms with Crippen LogP contribution in [0.5, 0.6) is 0 Å². The fourth-order valence-corrected chi connectivity index (χ4v) is 3.01. The quantitative estimate of drug-likeness (QED) is 0.412. The van der Waals surface area contributed by atoms with E-state index in [2.05, 4.69) is 22.6 Å². The highest BCUT2D eigenvalue weighted by atomic mass is 16.3. The second-order valence-electron chi connectivity index (χ2n) is 4.94. The number of hydrogen-bond acceptors (Lipinski definition) is 2. The minimum atomic E-state index is 0.906. The molecule has 94 valence electrons. The van der Waals surface area contributed by atoms with Gasteiger partial charge in [0.2, 0.25) is 0 Å². The Morgan fingerprint density at radius 3 is 2.55 bits per heavy atom. The molecule has 0 saturated carbocycles. The van der Waals surface area contributed by atoms with Crippen molar-refractivity contribution in [3.05, 3.63) is 60.9 Å². The minimum absolute atomic E-state index is 0.906. The first-order chi connectivity index (χ1) is 9.93. The topological polar surface area (TPSA) is 30.4 Å². The van der Waals surface area contributed by atoms with Gasteiger partial charge in [-0.2, -0.15) is 0 Å². The Labute approximate surface area is 114 Å². The summed E-state index contributed by atoms with van der Waals surface area (Å²) in [6.07, 6.45) is 1.73. The lowest BCUT2D eigenvalue weighted by Crippen LogP contribution is -1.89. The number of nitrogens with zero attached hydrogens (tertiary/aromatic N) is 2. The van der Waals surface area contributed by atoms with E-state index < -0.39 is 0 Å². The van der Waals surface area contributed by atoms with Crippen molar-refractivity contribution in [3.8, 4) is 0 Å². The lowest BCUT2D eigenvalue weighted by molar-refractivity contribution is 0.619. The van der Waals surface area contributed by atoms with E-state index in [4.69, 9.17) is 9.40 Å². The maximum absolute atomic E-state index is 5.68. The van der Waals surface area contributed by atoms with E-state index >= 15 is 0 Å². The van der Waals surface area contributed by atoms with Crippen LogP contribution in [0.4, 0.5) is 0 Å². The second-order valence-corrected chi connectivity index (χ2v) is 4.94. The zero-order valence-electron chi connectivity index (χ0n) is 10.6. The standard InChI is InChI=1S/C17H10N2O/c1-3-7-14-11(5-1)16-12(9-10-20-16)17-18-13-6-2-4-8-15(13)19(14)17/h1-10H. The molecule has 0 aliphatic heterocycles. The van der Waals surface area contributed by atoms with Gasteiger partial charge in [-0.3, -0.25) is 4.40 Å². The van der Waals surface area contributed by atoms with Crippen molar-refractivity contribution < 1.29 is 4.42 Å². The third-order valence-electron chi connectivity index (χ3n) is 3.86. The molecule has 0 aliphatic carbocycles. The molecular weight excluding hydrogens is 248 g/mol. The Bertz CT molecular complexity index is 1100. The average molecular weight is 258 g/mol. The van der Waals surface area contributed by atoms with Crippen molar-refractivity contribution in [1.82, 2.24) is 9.38 Å². The van der Waals surface area contributed by atoms with Crippen molar-refractivity contribution in [2.24, 2.45) is 0 Å². The Hall–Kier alpha value is -2.81. The third-order valence-corrected chi connectivity index (χ3v) is 3.86. The van der Waals surface area contributed by atoms with Crippen LogP contribution in [0.3, 0.4) is 0 Å². The normalized spacial score (nSPS) is 12.0. The monoisotopic (exact) mass is 258 g/mol. The van der Waals surface area contributed by atoms with Gasteiger partial charge in [0.05, 0.1) is 28.2 Å². The molecule has 20 heavy (non-hydrogen) atoms. The summed E-state index contributed by atoms with van der Waals surface area (Å²) in [5.41, 5.74) is 5.11. The van der Waals surface area contributed by atoms with Gasteiger partial charge in [-0.1, -0.05) is 24.3 Å². The van der Waals surface area contributed by atoms with Gasteiger partial charge in [-0.05, 0) is 30.3 Å². The van der Waals surface area contributed by atoms with Gasteiger partial charge in [0.25, 0.3) is 0 Å². The molecule has 0 amide bonds. The highest BCUT2D eigenvalue weighted by molar-refractivity contribution is 6.11. The highest BCUT2D eigenvalue weighted by Crippen LogP contribution is 2.32. The van der Waals surface area contributed by atoms with E-state index in [9.17, 15) is 0 Å². The van der Waals surface area contributed by atoms with Crippen LogP contribution in [-0.4, -0.2) is 9.38 Å². The molecule has 0 fully saturated rings. The highest BCUT2D eigenvalue weighted by Gasteiger charge is 2.14. The van der Waals surface area contributed by atoms with Gasteiger partial charge in [0.15, 0.2) is 0 Å². The van der Waals surface area contributed by atoms with Gasteiger partial charge < -0.3 is 4.42 Å².